The lowest BCUT2D eigenvalue weighted by molar-refractivity contribution is -0.126. The third kappa shape index (κ3) is 4.08. The van der Waals surface area contributed by atoms with Crippen LogP contribution in [0.2, 0.25) is 0 Å². The molecule has 1 fully saturated rings. The lowest BCUT2D eigenvalue weighted by Gasteiger charge is -2.31. The van der Waals surface area contributed by atoms with Crippen LogP contribution in [0.25, 0.3) is 5.69 Å². The Kier molecular flexibility index (Phi) is 5.62. The summed E-state index contributed by atoms with van der Waals surface area (Å²) in [5.74, 6) is -0.442. The van der Waals surface area contributed by atoms with Crippen LogP contribution in [0.15, 0.2) is 30.5 Å². The minimum atomic E-state index is -0.202. The van der Waals surface area contributed by atoms with Crippen molar-refractivity contribution in [1.82, 2.24) is 25.2 Å². The van der Waals surface area contributed by atoms with Gasteiger partial charge in [-0.15, -0.1) is 5.10 Å². The normalized spacial score (nSPS) is 17.2. The molecule has 1 aromatic heterocycles. The topological polar surface area (TPSA) is 106 Å². The van der Waals surface area contributed by atoms with E-state index >= 15 is 0 Å². The summed E-state index contributed by atoms with van der Waals surface area (Å²) < 4.78 is 1.59. The average Bonchev–Trinajstić information content (AvgIpc) is 3.16. The molecule has 138 valence electrons. The number of aryl methyl sites for hydroxylation is 1. The van der Waals surface area contributed by atoms with Crippen LogP contribution in [0.4, 0.5) is 0 Å². The summed E-state index contributed by atoms with van der Waals surface area (Å²) in [5.41, 5.74) is 7.70. The van der Waals surface area contributed by atoms with Crippen LogP contribution in [0, 0.1) is 12.8 Å². The summed E-state index contributed by atoms with van der Waals surface area (Å²) in [5, 5.41) is 10.9. The van der Waals surface area contributed by atoms with Crippen LogP contribution < -0.4 is 11.1 Å². The molecule has 1 saturated heterocycles. The molecule has 2 aromatic rings. The number of carbonyl (C=O) groups is 2. The molecule has 0 bridgehead atoms. The number of aromatic nitrogens is 3. The van der Waals surface area contributed by atoms with Crippen molar-refractivity contribution in [2.24, 2.45) is 11.7 Å². The first-order chi connectivity index (χ1) is 12.6. The third-order valence-corrected chi connectivity index (χ3v) is 4.53. The van der Waals surface area contributed by atoms with Gasteiger partial charge in [-0.25, -0.2) is 4.68 Å². The molecule has 1 aromatic carbocycles. The van der Waals surface area contributed by atoms with Gasteiger partial charge in [0, 0.05) is 26.2 Å². The molecule has 0 saturated carbocycles. The molecule has 0 radical (unpaired) electrons. The van der Waals surface area contributed by atoms with Gasteiger partial charge in [-0.1, -0.05) is 22.9 Å². The zero-order chi connectivity index (χ0) is 18.5. The molecule has 1 aliphatic rings. The van der Waals surface area contributed by atoms with Gasteiger partial charge in [-0.3, -0.25) is 9.59 Å². The summed E-state index contributed by atoms with van der Waals surface area (Å²) in [6.45, 7) is 3.89. The number of nitrogens with one attached hydrogen (secondary N) is 1. The van der Waals surface area contributed by atoms with Crippen molar-refractivity contribution >= 4 is 11.8 Å². The minimum Gasteiger partial charge on any atom is -0.355 e. The predicted octanol–water partition coefficient (Wildman–Crippen LogP) is 0.503. The molecule has 1 aliphatic heterocycles. The van der Waals surface area contributed by atoms with E-state index in [1.807, 2.05) is 31.2 Å². The Morgan fingerprint density at radius 3 is 2.81 bits per heavy atom. The van der Waals surface area contributed by atoms with E-state index in [0.717, 1.165) is 24.1 Å². The molecule has 1 atom stereocenters. The fourth-order valence-corrected chi connectivity index (χ4v) is 3.06. The third-order valence-electron chi connectivity index (χ3n) is 4.53. The molecule has 2 heterocycles. The summed E-state index contributed by atoms with van der Waals surface area (Å²) in [6.07, 6.45) is 3.19. The van der Waals surface area contributed by atoms with E-state index in [9.17, 15) is 9.59 Å². The lowest BCUT2D eigenvalue weighted by Crippen LogP contribution is -2.46. The number of hydrogen-bond donors (Lipinski definition) is 2. The fourth-order valence-electron chi connectivity index (χ4n) is 3.06. The number of rotatable bonds is 5. The molecule has 3 rings (SSSR count). The molecule has 0 spiro atoms. The maximum Gasteiger partial charge on any atom is 0.276 e. The number of hydrogen-bond acceptors (Lipinski definition) is 5. The highest BCUT2D eigenvalue weighted by Crippen LogP contribution is 2.18. The van der Waals surface area contributed by atoms with E-state index in [4.69, 9.17) is 5.73 Å². The number of nitrogens with zero attached hydrogens (tertiary/aromatic N) is 4. The van der Waals surface area contributed by atoms with Gasteiger partial charge in [0.05, 0.1) is 17.8 Å². The van der Waals surface area contributed by atoms with Gasteiger partial charge in [0.1, 0.15) is 0 Å². The van der Waals surface area contributed by atoms with Crippen molar-refractivity contribution in [1.29, 1.82) is 0 Å². The number of nitrogens with two attached hydrogens (primary N) is 1. The molecule has 0 aliphatic carbocycles. The quantitative estimate of drug-likeness (QED) is 0.812. The Bertz CT molecular complexity index is 770. The number of carbonyl (C=O) groups excluding carboxylic acids is 2. The molecule has 3 N–H and O–H groups in total. The first kappa shape index (κ1) is 18.1. The van der Waals surface area contributed by atoms with Crippen molar-refractivity contribution in [2.75, 3.05) is 26.2 Å². The Morgan fingerprint density at radius 1 is 1.31 bits per heavy atom. The molecular weight excluding hydrogens is 332 g/mol. The summed E-state index contributed by atoms with van der Waals surface area (Å²) >= 11 is 0. The van der Waals surface area contributed by atoms with Gasteiger partial charge in [0.2, 0.25) is 5.91 Å². The minimum absolute atomic E-state index is 0.0451. The van der Waals surface area contributed by atoms with Crippen LogP contribution in [0.3, 0.4) is 0 Å². The van der Waals surface area contributed by atoms with Crippen molar-refractivity contribution < 1.29 is 9.59 Å². The van der Waals surface area contributed by atoms with Crippen LogP contribution in [-0.2, 0) is 4.79 Å². The molecule has 26 heavy (non-hydrogen) atoms. The SMILES string of the molecule is Cc1ccc(-n2cc(C(=O)N3CCCC(C(=O)NCCN)C3)nn2)cc1. The highest BCUT2D eigenvalue weighted by atomic mass is 16.2. The number of likely N-dealkylation sites (tertiary alicyclic amines) is 1. The van der Waals surface area contributed by atoms with E-state index in [1.54, 1.807) is 15.8 Å². The second-order valence-corrected chi connectivity index (χ2v) is 6.55. The standard InChI is InChI=1S/C18H24N6O2/c1-13-4-6-15(7-5-13)24-12-16(21-22-24)18(26)23-10-2-3-14(11-23)17(25)20-9-8-19/h4-7,12,14H,2-3,8-11,19H2,1H3,(H,20,25). The van der Waals surface area contributed by atoms with Crippen LogP contribution >= 0.6 is 0 Å². The van der Waals surface area contributed by atoms with Crippen LogP contribution in [0.5, 0.6) is 0 Å². The molecule has 8 nitrogen and oxygen atoms in total. The maximum absolute atomic E-state index is 12.7. The van der Waals surface area contributed by atoms with Crippen LogP contribution in [0.1, 0.15) is 28.9 Å². The first-order valence-electron chi connectivity index (χ1n) is 8.85. The van der Waals surface area contributed by atoms with Crippen LogP contribution in [-0.4, -0.2) is 57.9 Å². The van der Waals surface area contributed by atoms with E-state index < -0.39 is 0 Å². The highest BCUT2D eigenvalue weighted by molar-refractivity contribution is 5.92. The second-order valence-electron chi connectivity index (χ2n) is 6.55. The monoisotopic (exact) mass is 356 g/mol. The van der Waals surface area contributed by atoms with E-state index in [1.165, 1.54) is 0 Å². The fraction of sp³-hybridized carbons (Fsp3) is 0.444. The predicted molar refractivity (Wildman–Crippen MR) is 96.8 cm³/mol. The lowest BCUT2D eigenvalue weighted by atomic mass is 9.97. The highest BCUT2D eigenvalue weighted by Gasteiger charge is 2.29. The summed E-state index contributed by atoms with van der Waals surface area (Å²) in [6, 6.07) is 7.81. The van der Waals surface area contributed by atoms with Crippen molar-refractivity contribution in [3.05, 3.63) is 41.7 Å². The van der Waals surface area contributed by atoms with Crippen molar-refractivity contribution in [3.8, 4) is 5.69 Å². The van der Waals surface area contributed by atoms with Gasteiger partial charge < -0.3 is 16.0 Å². The zero-order valence-electron chi connectivity index (χ0n) is 14.9. The number of amides is 2. The Balaban J connectivity index is 1.67. The molecule has 1 unspecified atom stereocenters. The summed E-state index contributed by atoms with van der Waals surface area (Å²) in [4.78, 5) is 26.6. The Labute approximate surface area is 152 Å². The first-order valence-corrected chi connectivity index (χ1v) is 8.85. The Morgan fingerprint density at radius 2 is 2.08 bits per heavy atom. The number of piperidine rings is 1. The average molecular weight is 356 g/mol. The van der Waals surface area contributed by atoms with Gasteiger partial charge in [-0.05, 0) is 31.9 Å². The van der Waals surface area contributed by atoms with Gasteiger partial charge in [0.15, 0.2) is 5.69 Å². The van der Waals surface area contributed by atoms with Crippen molar-refractivity contribution in [3.63, 3.8) is 0 Å². The van der Waals surface area contributed by atoms with E-state index in [0.29, 0.717) is 26.2 Å². The molecular formula is C18H24N6O2. The zero-order valence-corrected chi connectivity index (χ0v) is 14.9. The maximum atomic E-state index is 12.7. The second kappa shape index (κ2) is 8.09. The Hall–Kier alpha value is -2.74. The molecule has 2 amide bonds. The van der Waals surface area contributed by atoms with Gasteiger partial charge in [0.25, 0.3) is 5.91 Å². The number of benzene rings is 1. The summed E-state index contributed by atoms with van der Waals surface area (Å²) in [7, 11) is 0. The van der Waals surface area contributed by atoms with Gasteiger partial charge >= 0.3 is 0 Å². The largest absolute Gasteiger partial charge is 0.355 e. The molecule has 8 heteroatoms. The van der Waals surface area contributed by atoms with E-state index in [-0.39, 0.29) is 23.4 Å². The van der Waals surface area contributed by atoms with E-state index in [2.05, 4.69) is 15.6 Å². The smallest absolute Gasteiger partial charge is 0.276 e. The van der Waals surface area contributed by atoms with Gasteiger partial charge in [-0.2, -0.15) is 0 Å². The van der Waals surface area contributed by atoms with Crippen molar-refractivity contribution in [2.45, 2.75) is 19.8 Å².